The first-order valence-electron chi connectivity index (χ1n) is 8.52. The third kappa shape index (κ3) is 5.57. The van der Waals surface area contributed by atoms with Crippen molar-refractivity contribution >= 4 is 11.6 Å². The van der Waals surface area contributed by atoms with Crippen molar-refractivity contribution in [3.05, 3.63) is 53.3 Å². The van der Waals surface area contributed by atoms with Crippen molar-refractivity contribution < 1.29 is 41.1 Å². The smallest absolute Gasteiger partial charge is 0.387 e. The fraction of sp³-hybridized carbons (Fsp3) is 0.316. The van der Waals surface area contributed by atoms with Gasteiger partial charge in [0, 0.05) is 5.56 Å². The summed E-state index contributed by atoms with van der Waals surface area (Å²) in [6, 6.07) is 5.31. The summed E-state index contributed by atoms with van der Waals surface area (Å²) in [5, 5.41) is 2.23. The largest absolute Gasteiger partial charge is 0.493 e. The Morgan fingerprint density at radius 1 is 1.10 bits per heavy atom. The summed E-state index contributed by atoms with van der Waals surface area (Å²) in [7, 11) is 2.99. The number of rotatable bonds is 8. The maximum atomic E-state index is 13.7. The van der Waals surface area contributed by atoms with Crippen LogP contribution in [0.15, 0.2) is 30.3 Å². The number of hydrogen-bond acceptors (Lipinski definition) is 3. The zero-order valence-corrected chi connectivity index (χ0v) is 15.9. The highest BCUT2D eigenvalue weighted by Gasteiger charge is 2.25. The van der Waals surface area contributed by atoms with Crippen molar-refractivity contribution in [3.63, 3.8) is 0 Å². The number of methoxy groups -OCH3 is 1. The first-order valence-corrected chi connectivity index (χ1v) is 8.52. The number of quaternary nitrogens is 1. The van der Waals surface area contributed by atoms with Gasteiger partial charge in [-0.05, 0) is 37.3 Å². The Morgan fingerprint density at radius 2 is 1.79 bits per heavy atom. The van der Waals surface area contributed by atoms with Crippen LogP contribution in [0.4, 0.5) is 27.6 Å². The predicted octanol–water partition coefficient (Wildman–Crippen LogP) is 2.76. The lowest BCUT2D eigenvalue weighted by atomic mass is 10.1. The van der Waals surface area contributed by atoms with E-state index in [2.05, 4.69) is 10.1 Å². The Hall–Kier alpha value is -2.88. The average Bonchev–Trinajstić information content (AvgIpc) is 2.68. The lowest BCUT2D eigenvalue weighted by Crippen LogP contribution is -3.12. The summed E-state index contributed by atoms with van der Waals surface area (Å²) in [6.45, 7) is -1.14. The van der Waals surface area contributed by atoms with Crippen LogP contribution in [0.2, 0.25) is 0 Å². The van der Waals surface area contributed by atoms with Crippen molar-refractivity contribution in [1.82, 2.24) is 0 Å². The summed E-state index contributed by atoms with van der Waals surface area (Å²) in [6.07, 6.45) is 0. The molecular weight excluding hydrogens is 399 g/mol. The molecule has 5 nitrogen and oxygen atoms in total. The molecule has 0 fully saturated rings. The molecule has 0 spiro atoms. The number of anilines is 1. The molecule has 1 amide bonds. The van der Waals surface area contributed by atoms with E-state index >= 15 is 0 Å². The highest BCUT2D eigenvalue weighted by Crippen LogP contribution is 2.29. The van der Waals surface area contributed by atoms with Gasteiger partial charge in [0.05, 0.1) is 19.8 Å². The van der Waals surface area contributed by atoms with Crippen LogP contribution in [0.25, 0.3) is 0 Å². The van der Waals surface area contributed by atoms with E-state index in [0.29, 0.717) is 23.1 Å². The summed E-state index contributed by atoms with van der Waals surface area (Å²) in [4.78, 5) is 13.0. The molecule has 2 aromatic carbocycles. The topological polar surface area (TPSA) is 52.0 Å². The van der Waals surface area contributed by atoms with Crippen LogP contribution in [-0.2, 0) is 11.3 Å². The van der Waals surface area contributed by atoms with Crippen molar-refractivity contribution in [3.8, 4) is 11.5 Å². The number of carbonyl (C=O) groups excluding carboxylic acids is 1. The fourth-order valence-corrected chi connectivity index (χ4v) is 2.58. The molecule has 0 aliphatic heterocycles. The maximum absolute atomic E-state index is 13.7. The van der Waals surface area contributed by atoms with Gasteiger partial charge in [0.15, 0.2) is 35.0 Å². The van der Waals surface area contributed by atoms with E-state index in [9.17, 15) is 26.7 Å². The molecule has 0 aliphatic rings. The van der Waals surface area contributed by atoms with Gasteiger partial charge in [-0.25, -0.2) is 13.2 Å². The minimum atomic E-state index is -3.00. The Labute approximate surface area is 164 Å². The number of hydrogen-bond donors (Lipinski definition) is 2. The minimum Gasteiger partial charge on any atom is -0.493 e. The number of benzene rings is 2. The van der Waals surface area contributed by atoms with Crippen molar-refractivity contribution in [2.75, 3.05) is 19.5 Å². The highest BCUT2D eigenvalue weighted by molar-refractivity contribution is 5.93. The molecule has 2 rings (SSSR count). The Balaban J connectivity index is 2.07. The fourth-order valence-electron chi connectivity index (χ4n) is 2.58. The van der Waals surface area contributed by atoms with Gasteiger partial charge in [-0.15, -0.1) is 0 Å². The zero-order valence-electron chi connectivity index (χ0n) is 15.9. The molecule has 0 bridgehead atoms. The highest BCUT2D eigenvalue weighted by atomic mass is 19.3. The van der Waals surface area contributed by atoms with Crippen LogP contribution >= 0.6 is 0 Å². The predicted molar refractivity (Wildman–Crippen MR) is 94.6 cm³/mol. The number of halogens is 5. The van der Waals surface area contributed by atoms with E-state index in [4.69, 9.17) is 4.74 Å². The minimum absolute atomic E-state index is 0.108. The molecule has 10 heteroatoms. The van der Waals surface area contributed by atoms with Gasteiger partial charge in [0.1, 0.15) is 6.54 Å². The lowest BCUT2D eigenvalue weighted by molar-refractivity contribution is -0.907. The van der Waals surface area contributed by atoms with Crippen LogP contribution in [0.3, 0.4) is 0 Å². The van der Waals surface area contributed by atoms with E-state index in [1.54, 1.807) is 20.0 Å². The maximum Gasteiger partial charge on any atom is 0.387 e. The molecule has 158 valence electrons. The van der Waals surface area contributed by atoms with Crippen LogP contribution < -0.4 is 19.7 Å². The second kappa shape index (κ2) is 9.55. The number of amides is 1. The van der Waals surface area contributed by atoms with Crippen LogP contribution in [0.5, 0.6) is 11.5 Å². The van der Waals surface area contributed by atoms with Crippen LogP contribution in [-0.4, -0.2) is 32.7 Å². The van der Waals surface area contributed by atoms with E-state index in [1.807, 2.05) is 0 Å². The number of nitrogens with one attached hydrogen (secondary N) is 2. The van der Waals surface area contributed by atoms with Gasteiger partial charge in [0.25, 0.3) is 5.91 Å². The van der Waals surface area contributed by atoms with E-state index in [-0.39, 0.29) is 11.5 Å². The standard InChI is InChI=1S/C19H19F5N2O3/c1-10(18(27)25-13-6-5-12(20)16(21)17(13)22)26(2)9-11-4-7-14(29-19(23)24)15(8-11)28-3/h4-8,10,19H,9H2,1-3H3,(H,25,27)/p+1/t10-/m1/s1. The Bertz CT molecular complexity index is 879. The van der Waals surface area contributed by atoms with Gasteiger partial charge in [-0.2, -0.15) is 8.78 Å². The van der Waals surface area contributed by atoms with E-state index in [1.165, 1.54) is 19.2 Å². The second-order valence-electron chi connectivity index (χ2n) is 6.32. The number of likely N-dealkylation sites (N-methyl/N-ethyl adjacent to an activating group) is 1. The molecule has 0 aliphatic carbocycles. The number of alkyl halides is 2. The van der Waals surface area contributed by atoms with E-state index < -0.39 is 41.7 Å². The van der Waals surface area contributed by atoms with Gasteiger partial charge in [0.2, 0.25) is 0 Å². The molecule has 1 unspecified atom stereocenters. The van der Waals surface area contributed by atoms with Gasteiger partial charge in [-0.3, -0.25) is 4.79 Å². The molecule has 0 heterocycles. The molecule has 0 saturated carbocycles. The van der Waals surface area contributed by atoms with E-state index in [0.717, 1.165) is 6.07 Å². The quantitative estimate of drug-likeness (QED) is 0.511. The molecule has 2 aromatic rings. The summed E-state index contributed by atoms with van der Waals surface area (Å²) in [5.74, 6) is -5.14. The second-order valence-corrected chi connectivity index (χ2v) is 6.32. The molecule has 0 aromatic heterocycles. The Kier molecular flexibility index (Phi) is 7.38. The van der Waals surface area contributed by atoms with Gasteiger partial charge < -0.3 is 19.7 Å². The zero-order chi connectivity index (χ0) is 21.7. The van der Waals surface area contributed by atoms with Gasteiger partial charge in [-0.1, -0.05) is 0 Å². The first-order chi connectivity index (χ1) is 13.6. The van der Waals surface area contributed by atoms with Crippen LogP contribution in [0, 0.1) is 17.5 Å². The van der Waals surface area contributed by atoms with Crippen molar-refractivity contribution in [1.29, 1.82) is 0 Å². The number of carbonyl (C=O) groups is 1. The third-order valence-electron chi connectivity index (χ3n) is 4.35. The normalized spacial score (nSPS) is 13.1. The summed E-state index contributed by atoms with van der Waals surface area (Å²) >= 11 is 0. The van der Waals surface area contributed by atoms with Crippen molar-refractivity contribution in [2.45, 2.75) is 26.1 Å². The lowest BCUT2D eigenvalue weighted by Gasteiger charge is -2.22. The molecule has 29 heavy (non-hydrogen) atoms. The molecule has 2 atom stereocenters. The van der Waals surface area contributed by atoms with Gasteiger partial charge >= 0.3 is 6.61 Å². The van der Waals surface area contributed by atoms with Crippen LogP contribution in [0.1, 0.15) is 12.5 Å². The molecular formula is C19H20F5N2O3+. The molecule has 0 radical (unpaired) electrons. The average molecular weight is 419 g/mol. The van der Waals surface area contributed by atoms with Crippen molar-refractivity contribution in [2.24, 2.45) is 0 Å². The molecule has 0 saturated heterocycles. The SMILES string of the molecule is COc1cc(C[NH+](C)[C@H](C)C(=O)Nc2ccc(F)c(F)c2F)ccc1OC(F)F. The monoisotopic (exact) mass is 419 g/mol. The molecule has 2 N–H and O–H groups in total. The summed E-state index contributed by atoms with van der Waals surface area (Å²) in [5.41, 5.74) is 0.198. The summed E-state index contributed by atoms with van der Waals surface area (Å²) < 4.78 is 74.2. The first kappa shape index (κ1) is 22.4. The number of ether oxygens (including phenoxy) is 2. The Morgan fingerprint density at radius 3 is 2.41 bits per heavy atom. The third-order valence-corrected chi connectivity index (χ3v) is 4.35.